The zero-order valence-corrected chi connectivity index (χ0v) is 19.8. The number of rotatable bonds is 5. The molecule has 34 heavy (non-hydrogen) atoms. The molecule has 2 aliphatic rings. The van der Waals surface area contributed by atoms with Gasteiger partial charge in [-0.3, -0.25) is 9.59 Å². The summed E-state index contributed by atoms with van der Waals surface area (Å²) in [5.41, 5.74) is 6.21. The van der Waals surface area contributed by atoms with Crippen molar-refractivity contribution in [2.24, 2.45) is 5.92 Å². The summed E-state index contributed by atoms with van der Waals surface area (Å²) in [5.74, 6) is -0.418. The van der Waals surface area contributed by atoms with Crippen molar-refractivity contribution in [3.05, 3.63) is 83.4 Å². The third kappa shape index (κ3) is 4.17. The summed E-state index contributed by atoms with van der Waals surface area (Å²) < 4.78 is 27.4. The van der Waals surface area contributed by atoms with Gasteiger partial charge < -0.3 is 5.32 Å². The standard InChI is InChI=1S/C27H26N2O4S/c1-18(30)19-6-9-24(10-7-19)34(32,33)29-14-12-20(13-15-29)27(31)28-23-8-11-26-22(17-23)16-21-4-2-3-5-25(21)26/h2-11,17,20H,12-16H2,1H3,(H,28,31). The normalized spacial score (nSPS) is 16.0. The molecule has 1 N–H and O–H groups in total. The minimum Gasteiger partial charge on any atom is -0.326 e. The summed E-state index contributed by atoms with van der Waals surface area (Å²) in [6, 6.07) is 20.4. The highest BCUT2D eigenvalue weighted by Crippen LogP contribution is 2.37. The number of nitrogens with one attached hydrogen (secondary N) is 1. The molecule has 0 saturated carbocycles. The SMILES string of the molecule is CC(=O)c1ccc(S(=O)(=O)N2CCC(C(=O)Nc3ccc4c(c3)Cc3ccccc3-4)CC2)cc1. The predicted octanol–water partition coefficient (Wildman–Crippen LogP) is 4.50. The molecule has 1 heterocycles. The van der Waals surface area contributed by atoms with E-state index in [-0.39, 0.29) is 35.6 Å². The zero-order chi connectivity index (χ0) is 23.9. The second kappa shape index (κ2) is 8.81. The largest absolute Gasteiger partial charge is 0.326 e. The lowest BCUT2D eigenvalue weighted by molar-refractivity contribution is -0.120. The molecular weight excluding hydrogens is 448 g/mol. The topological polar surface area (TPSA) is 83.6 Å². The number of carbonyl (C=O) groups excluding carboxylic acids is 2. The molecule has 1 saturated heterocycles. The van der Waals surface area contributed by atoms with Crippen molar-refractivity contribution in [2.75, 3.05) is 18.4 Å². The molecule has 0 atom stereocenters. The molecule has 3 aromatic carbocycles. The van der Waals surface area contributed by atoms with E-state index in [0.717, 1.165) is 12.1 Å². The van der Waals surface area contributed by atoms with Crippen LogP contribution in [-0.2, 0) is 21.2 Å². The lowest BCUT2D eigenvalue weighted by atomic mass is 9.97. The molecule has 5 rings (SSSR count). The average molecular weight is 475 g/mol. The third-order valence-electron chi connectivity index (χ3n) is 6.78. The van der Waals surface area contributed by atoms with E-state index in [1.54, 1.807) is 0 Å². The molecule has 1 aliphatic heterocycles. The molecule has 0 bridgehead atoms. The van der Waals surface area contributed by atoms with E-state index in [1.165, 1.54) is 57.7 Å². The van der Waals surface area contributed by atoms with Gasteiger partial charge in [-0.1, -0.05) is 42.5 Å². The number of ketones is 1. The van der Waals surface area contributed by atoms with E-state index >= 15 is 0 Å². The number of carbonyl (C=O) groups is 2. The minimum atomic E-state index is -3.66. The molecule has 0 radical (unpaired) electrons. The van der Waals surface area contributed by atoms with Gasteiger partial charge in [0.25, 0.3) is 0 Å². The van der Waals surface area contributed by atoms with Crippen molar-refractivity contribution in [1.82, 2.24) is 4.31 Å². The summed E-state index contributed by atoms with van der Waals surface area (Å²) in [5, 5.41) is 3.03. The number of anilines is 1. The van der Waals surface area contributed by atoms with Crippen molar-refractivity contribution in [3.63, 3.8) is 0 Å². The second-order valence-corrected chi connectivity index (χ2v) is 10.9. The summed E-state index contributed by atoms with van der Waals surface area (Å²) in [7, 11) is -3.66. The summed E-state index contributed by atoms with van der Waals surface area (Å²) >= 11 is 0. The Morgan fingerprint density at radius 3 is 2.26 bits per heavy atom. The van der Waals surface area contributed by atoms with Crippen molar-refractivity contribution in [1.29, 1.82) is 0 Å². The number of amides is 1. The Hall–Kier alpha value is -3.29. The summed E-state index contributed by atoms with van der Waals surface area (Å²) in [6.07, 6.45) is 1.79. The summed E-state index contributed by atoms with van der Waals surface area (Å²) in [6.45, 7) is 2.02. The predicted molar refractivity (Wildman–Crippen MR) is 131 cm³/mol. The first-order valence-electron chi connectivity index (χ1n) is 11.5. The zero-order valence-electron chi connectivity index (χ0n) is 19.0. The van der Waals surface area contributed by atoms with Crippen LogP contribution in [0.5, 0.6) is 0 Å². The smallest absolute Gasteiger partial charge is 0.243 e. The van der Waals surface area contributed by atoms with Crippen molar-refractivity contribution < 1.29 is 18.0 Å². The Bertz CT molecular complexity index is 1370. The number of Topliss-reactive ketones (excluding diaryl/α,β-unsaturated/α-hetero) is 1. The lowest BCUT2D eigenvalue weighted by Crippen LogP contribution is -2.41. The molecule has 1 fully saturated rings. The number of hydrogen-bond donors (Lipinski definition) is 1. The Balaban J connectivity index is 1.21. The van der Waals surface area contributed by atoms with Gasteiger partial charge in [0.2, 0.25) is 15.9 Å². The quantitative estimate of drug-likeness (QED) is 0.432. The van der Waals surface area contributed by atoms with Crippen molar-refractivity contribution in [3.8, 4) is 11.1 Å². The van der Waals surface area contributed by atoms with Crippen LogP contribution in [0.25, 0.3) is 11.1 Å². The maximum absolute atomic E-state index is 13.0. The number of sulfonamides is 1. The van der Waals surface area contributed by atoms with Gasteiger partial charge in [0.1, 0.15) is 0 Å². The van der Waals surface area contributed by atoms with Crippen LogP contribution in [0.4, 0.5) is 5.69 Å². The molecule has 0 aromatic heterocycles. The van der Waals surface area contributed by atoms with Gasteiger partial charge in [-0.15, -0.1) is 0 Å². The van der Waals surface area contributed by atoms with Gasteiger partial charge in [-0.2, -0.15) is 4.31 Å². The van der Waals surface area contributed by atoms with E-state index in [2.05, 4.69) is 23.5 Å². The average Bonchev–Trinajstić information content (AvgIpc) is 3.22. The van der Waals surface area contributed by atoms with E-state index < -0.39 is 10.0 Å². The lowest BCUT2D eigenvalue weighted by Gasteiger charge is -2.30. The van der Waals surface area contributed by atoms with Crippen LogP contribution < -0.4 is 5.32 Å². The number of hydrogen-bond acceptors (Lipinski definition) is 4. The Morgan fingerprint density at radius 2 is 1.56 bits per heavy atom. The highest BCUT2D eigenvalue weighted by molar-refractivity contribution is 7.89. The monoisotopic (exact) mass is 474 g/mol. The molecule has 174 valence electrons. The van der Waals surface area contributed by atoms with Gasteiger partial charge >= 0.3 is 0 Å². The first-order valence-corrected chi connectivity index (χ1v) is 12.9. The van der Waals surface area contributed by atoms with Gasteiger partial charge in [0.05, 0.1) is 4.90 Å². The van der Waals surface area contributed by atoms with Gasteiger partial charge in [-0.05, 0) is 72.7 Å². The van der Waals surface area contributed by atoms with Gasteiger partial charge in [0, 0.05) is 30.3 Å². The molecule has 0 spiro atoms. The van der Waals surface area contributed by atoms with Crippen LogP contribution in [-0.4, -0.2) is 37.5 Å². The fourth-order valence-electron chi connectivity index (χ4n) is 4.84. The van der Waals surface area contributed by atoms with Crippen molar-refractivity contribution >= 4 is 27.4 Å². The van der Waals surface area contributed by atoms with E-state index in [1.807, 2.05) is 24.3 Å². The number of piperidine rings is 1. The molecule has 0 unspecified atom stereocenters. The molecule has 1 amide bonds. The van der Waals surface area contributed by atoms with Crippen LogP contribution in [0.1, 0.15) is 41.3 Å². The fourth-order valence-corrected chi connectivity index (χ4v) is 6.31. The first-order chi connectivity index (χ1) is 16.3. The fraction of sp³-hybridized carbons (Fsp3) is 0.259. The first kappa shape index (κ1) is 22.5. The Kier molecular flexibility index (Phi) is 5.83. The van der Waals surface area contributed by atoms with Crippen LogP contribution >= 0.6 is 0 Å². The third-order valence-corrected chi connectivity index (χ3v) is 8.70. The number of benzene rings is 3. The molecule has 1 aliphatic carbocycles. The molecule has 6 nitrogen and oxygen atoms in total. The number of fused-ring (bicyclic) bond motifs is 3. The maximum atomic E-state index is 13.0. The second-order valence-electron chi connectivity index (χ2n) is 8.95. The van der Waals surface area contributed by atoms with Gasteiger partial charge in [0.15, 0.2) is 5.78 Å². The highest BCUT2D eigenvalue weighted by Gasteiger charge is 2.32. The van der Waals surface area contributed by atoms with E-state index in [0.29, 0.717) is 18.4 Å². The molecular formula is C27H26N2O4S. The van der Waals surface area contributed by atoms with Crippen molar-refractivity contribution in [2.45, 2.75) is 31.1 Å². The van der Waals surface area contributed by atoms with Gasteiger partial charge in [-0.25, -0.2) is 8.42 Å². The molecule has 7 heteroatoms. The van der Waals surface area contributed by atoms with Crippen LogP contribution in [0.15, 0.2) is 71.6 Å². The van der Waals surface area contributed by atoms with Crippen LogP contribution in [0.3, 0.4) is 0 Å². The highest BCUT2D eigenvalue weighted by atomic mass is 32.2. The van der Waals surface area contributed by atoms with E-state index in [4.69, 9.17) is 0 Å². The Morgan fingerprint density at radius 1 is 0.882 bits per heavy atom. The number of nitrogens with zero attached hydrogens (tertiary/aromatic N) is 1. The Labute approximate surface area is 199 Å². The molecule has 3 aromatic rings. The van der Waals surface area contributed by atoms with Crippen LogP contribution in [0.2, 0.25) is 0 Å². The minimum absolute atomic E-state index is 0.0710. The van der Waals surface area contributed by atoms with Crippen LogP contribution in [0, 0.1) is 5.92 Å². The maximum Gasteiger partial charge on any atom is 0.243 e. The summed E-state index contributed by atoms with van der Waals surface area (Å²) in [4.78, 5) is 24.5. The van der Waals surface area contributed by atoms with E-state index in [9.17, 15) is 18.0 Å².